The second-order valence-corrected chi connectivity index (χ2v) is 4.54. The largest absolute Gasteiger partial charge is 0.480 e. The molecule has 7 heteroatoms. The molecule has 1 fully saturated rings. The summed E-state index contributed by atoms with van der Waals surface area (Å²) in [4.78, 5) is 25.0. The van der Waals surface area contributed by atoms with Crippen LogP contribution in [0.2, 0.25) is 0 Å². The number of rotatable bonds is 2. The molecule has 0 spiro atoms. The molecule has 0 aliphatic carbocycles. The molecule has 0 bridgehead atoms. The van der Waals surface area contributed by atoms with Gasteiger partial charge in [-0.15, -0.1) is 0 Å². The van der Waals surface area contributed by atoms with E-state index >= 15 is 0 Å². The van der Waals surface area contributed by atoms with E-state index in [9.17, 15) is 9.59 Å². The lowest BCUT2D eigenvalue weighted by Crippen LogP contribution is -2.57. The predicted molar refractivity (Wildman–Crippen MR) is 66.8 cm³/mol. The monoisotopic (exact) mass is 264 g/mol. The number of aliphatic carboxylic acids is 1. The van der Waals surface area contributed by atoms with Gasteiger partial charge in [-0.1, -0.05) is 0 Å². The first-order valence-corrected chi connectivity index (χ1v) is 6.06. The van der Waals surface area contributed by atoms with Gasteiger partial charge in [0.25, 0.3) is 5.91 Å². The Labute approximate surface area is 110 Å². The van der Waals surface area contributed by atoms with Gasteiger partial charge in [0.2, 0.25) is 0 Å². The van der Waals surface area contributed by atoms with Gasteiger partial charge < -0.3 is 15.3 Å². The second-order valence-electron chi connectivity index (χ2n) is 4.54. The molecule has 1 unspecified atom stereocenters. The smallest absolute Gasteiger partial charge is 0.327 e. The first-order chi connectivity index (χ1) is 9.00. The van der Waals surface area contributed by atoms with Crippen molar-refractivity contribution in [2.75, 3.05) is 19.6 Å². The summed E-state index contributed by atoms with van der Waals surface area (Å²) in [5.74, 6) is -1.30. The van der Waals surface area contributed by atoms with Gasteiger partial charge in [-0.25, -0.2) is 4.79 Å². The van der Waals surface area contributed by atoms with E-state index in [-0.39, 0.29) is 12.5 Å². The third kappa shape index (κ3) is 2.70. The van der Waals surface area contributed by atoms with E-state index in [0.29, 0.717) is 30.0 Å². The molecule has 0 aromatic carbocycles. The molecule has 1 amide bonds. The van der Waals surface area contributed by atoms with E-state index < -0.39 is 12.0 Å². The van der Waals surface area contributed by atoms with Gasteiger partial charge in [0.1, 0.15) is 6.04 Å². The highest BCUT2D eigenvalue weighted by molar-refractivity contribution is 5.97. The quantitative estimate of drug-likeness (QED) is 0.754. The molecule has 7 nitrogen and oxygen atoms in total. The first kappa shape index (κ1) is 13.4. The molecule has 1 aromatic heterocycles. The average Bonchev–Trinajstić information content (AvgIpc) is 2.40. The number of hydrogen-bond donors (Lipinski definition) is 2. The molecule has 1 atom stereocenters. The standard InChI is InChI=1S/C12H16N4O3/c1-7-5-9(8(2)15-14-7)11(17)16-4-3-13-6-10(16)12(18)19/h5,10,13H,3-4,6H2,1-2H3,(H,18,19). The Kier molecular flexibility index (Phi) is 3.75. The molecular weight excluding hydrogens is 248 g/mol. The molecule has 2 heterocycles. The number of carbonyl (C=O) groups is 2. The van der Waals surface area contributed by atoms with Crippen LogP contribution in [-0.2, 0) is 4.79 Å². The van der Waals surface area contributed by atoms with E-state index in [0.717, 1.165) is 0 Å². The number of nitrogens with one attached hydrogen (secondary N) is 1. The van der Waals surface area contributed by atoms with Crippen LogP contribution in [0.3, 0.4) is 0 Å². The Morgan fingerprint density at radius 3 is 2.84 bits per heavy atom. The molecule has 102 valence electrons. The van der Waals surface area contributed by atoms with E-state index in [1.807, 2.05) is 0 Å². The lowest BCUT2D eigenvalue weighted by molar-refractivity contribution is -0.142. The van der Waals surface area contributed by atoms with Crippen molar-refractivity contribution in [2.45, 2.75) is 19.9 Å². The van der Waals surface area contributed by atoms with Crippen LogP contribution in [0.4, 0.5) is 0 Å². The summed E-state index contributed by atoms with van der Waals surface area (Å²) in [6.07, 6.45) is 0. The second kappa shape index (κ2) is 5.31. The molecule has 0 radical (unpaired) electrons. The minimum Gasteiger partial charge on any atom is -0.480 e. The first-order valence-electron chi connectivity index (χ1n) is 6.06. The van der Waals surface area contributed by atoms with Crippen molar-refractivity contribution in [3.05, 3.63) is 23.0 Å². The van der Waals surface area contributed by atoms with Crippen LogP contribution in [0.1, 0.15) is 21.7 Å². The average molecular weight is 264 g/mol. The molecule has 1 aromatic rings. The van der Waals surface area contributed by atoms with Crippen LogP contribution >= 0.6 is 0 Å². The van der Waals surface area contributed by atoms with Gasteiger partial charge in [0.05, 0.1) is 17.0 Å². The highest BCUT2D eigenvalue weighted by Crippen LogP contribution is 2.13. The van der Waals surface area contributed by atoms with Gasteiger partial charge in [-0.05, 0) is 19.9 Å². The number of piperazine rings is 1. The number of hydrogen-bond acceptors (Lipinski definition) is 5. The Balaban J connectivity index is 2.31. The van der Waals surface area contributed by atoms with Gasteiger partial charge >= 0.3 is 5.97 Å². The molecule has 1 aliphatic rings. The lowest BCUT2D eigenvalue weighted by atomic mass is 10.1. The summed E-state index contributed by atoms with van der Waals surface area (Å²) >= 11 is 0. The topological polar surface area (TPSA) is 95.4 Å². The zero-order chi connectivity index (χ0) is 14.0. The van der Waals surface area contributed by atoms with Crippen LogP contribution in [0.5, 0.6) is 0 Å². The summed E-state index contributed by atoms with van der Waals surface area (Å²) in [5.41, 5.74) is 1.56. The van der Waals surface area contributed by atoms with E-state index in [1.165, 1.54) is 4.90 Å². The Hall–Kier alpha value is -2.02. The number of amides is 1. The fourth-order valence-corrected chi connectivity index (χ4v) is 2.09. The summed E-state index contributed by atoms with van der Waals surface area (Å²) in [5, 5.41) is 19.9. The summed E-state index contributed by atoms with van der Waals surface area (Å²) in [6, 6.07) is 0.806. The number of carboxylic acid groups (broad SMARTS) is 1. The van der Waals surface area contributed by atoms with Crippen molar-refractivity contribution in [3.63, 3.8) is 0 Å². The Bertz CT molecular complexity index is 518. The van der Waals surface area contributed by atoms with Crippen LogP contribution < -0.4 is 5.32 Å². The maximum absolute atomic E-state index is 12.5. The number of aryl methyl sites for hydroxylation is 2. The van der Waals surface area contributed by atoms with Crippen LogP contribution in [0.25, 0.3) is 0 Å². The van der Waals surface area contributed by atoms with Crippen molar-refractivity contribution >= 4 is 11.9 Å². The van der Waals surface area contributed by atoms with E-state index in [2.05, 4.69) is 15.5 Å². The third-order valence-corrected chi connectivity index (χ3v) is 3.12. The van der Waals surface area contributed by atoms with Gasteiger partial charge in [-0.3, -0.25) is 4.79 Å². The van der Waals surface area contributed by atoms with E-state index in [1.54, 1.807) is 19.9 Å². The zero-order valence-electron chi connectivity index (χ0n) is 10.9. The molecule has 0 saturated carbocycles. The number of nitrogens with zero attached hydrogens (tertiary/aromatic N) is 3. The fourth-order valence-electron chi connectivity index (χ4n) is 2.09. The molecule has 19 heavy (non-hydrogen) atoms. The van der Waals surface area contributed by atoms with Gasteiger partial charge in [0.15, 0.2) is 0 Å². The molecule has 1 saturated heterocycles. The van der Waals surface area contributed by atoms with Crippen LogP contribution in [0.15, 0.2) is 6.07 Å². The van der Waals surface area contributed by atoms with Gasteiger partial charge in [-0.2, -0.15) is 10.2 Å². The number of carbonyl (C=O) groups excluding carboxylic acids is 1. The van der Waals surface area contributed by atoms with Crippen molar-refractivity contribution in [3.8, 4) is 0 Å². The fraction of sp³-hybridized carbons (Fsp3) is 0.500. The van der Waals surface area contributed by atoms with Crippen LogP contribution in [-0.4, -0.2) is 57.8 Å². The third-order valence-electron chi connectivity index (χ3n) is 3.12. The molecule has 2 rings (SSSR count). The predicted octanol–water partition coefficient (Wildman–Crippen LogP) is -0.408. The van der Waals surface area contributed by atoms with Crippen molar-refractivity contribution in [1.82, 2.24) is 20.4 Å². The van der Waals surface area contributed by atoms with Crippen LogP contribution in [0, 0.1) is 13.8 Å². The summed E-state index contributed by atoms with van der Waals surface area (Å²) < 4.78 is 0. The minimum absolute atomic E-state index is 0.262. The summed E-state index contributed by atoms with van der Waals surface area (Å²) in [7, 11) is 0. The highest BCUT2D eigenvalue weighted by atomic mass is 16.4. The highest BCUT2D eigenvalue weighted by Gasteiger charge is 2.33. The molecular formula is C12H16N4O3. The maximum Gasteiger partial charge on any atom is 0.327 e. The van der Waals surface area contributed by atoms with Gasteiger partial charge in [0, 0.05) is 19.6 Å². The normalized spacial score (nSPS) is 19.3. The van der Waals surface area contributed by atoms with Crippen molar-refractivity contribution < 1.29 is 14.7 Å². The number of carboxylic acids is 1. The van der Waals surface area contributed by atoms with Crippen molar-refractivity contribution in [1.29, 1.82) is 0 Å². The van der Waals surface area contributed by atoms with Crippen molar-refractivity contribution in [2.24, 2.45) is 0 Å². The minimum atomic E-state index is -1.00. The summed E-state index contributed by atoms with van der Waals surface area (Å²) in [6.45, 7) is 4.66. The SMILES string of the molecule is Cc1cc(C(=O)N2CCNCC2C(=O)O)c(C)nn1. The molecule has 1 aliphatic heterocycles. The number of aromatic nitrogens is 2. The Morgan fingerprint density at radius 1 is 1.42 bits per heavy atom. The molecule has 2 N–H and O–H groups in total. The van der Waals surface area contributed by atoms with E-state index in [4.69, 9.17) is 5.11 Å². The lowest BCUT2D eigenvalue weighted by Gasteiger charge is -2.33. The Morgan fingerprint density at radius 2 is 2.16 bits per heavy atom. The zero-order valence-corrected chi connectivity index (χ0v) is 10.9. The maximum atomic E-state index is 12.5.